The molecule has 2 aromatic rings. The lowest BCUT2D eigenvalue weighted by Crippen LogP contribution is -2.38. The largest absolute Gasteiger partial charge is 0.337 e. The number of nitrogens with one attached hydrogen (secondary N) is 1. The minimum Gasteiger partial charge on any atom is -0.337 e. The number of nitrogens with zero attached hydrogens (tertiary/aromatic N) is 2. The Balaban J connectivity index is 1.57. The van der Waals surface area contributed by atoms with Crippen molar-refractivity contribution in [2.45, 2.75) is 26.2 Å². The van der Waals surface area contributed by atoms with Gasteiger partial charge in [-0.3, -0.25) is 9.59 Å². The number of likely N-dealkylation sites (tertiary alicyclic amines) is 1. The van der Waals surface area contributed by atoms with Crippen molar-refractivity contribution in [3.63, 3.8) is 0 Å². The zero-order valence-electron chi connectivity index (χ0n) is 13.7. The number of rotatable bonds is 4. The van der Waals surface area contributed by atoms with Crippen LogP contribution < -0.4 is 5.32 Å². The van der Waals surface area contributed by atoms with Gasteiger partial charge in [0, 0.05) is 18.5 Å². The van der Waals surface area contributed by atoms with Gasteiger partial charge in [0.05, 0.1) is 6.42 Å². The molecule has 5 nitrogen and oxygen atoms in total. The van der Waals surface area contributed by atoms with Crippen LogP contribution in [0.4, 0.5) is 5.13 Å². The van der Waals surface area contributed by atoms with Crippen molar-refractivity contribution in [1.82, 2.24) is 9.88 Å². The molecule has 0 aliphatic carbocycles. The molecule has 0 saturated carbocycles. The van der Waals surface area contributed by atoms with Crippen LogP contribution in [0.3, 0.4) is 0 Å². The smallest absolute Gasteiger partial charge is 0.273 e. The number of carbonyl (C=O) groups excluding carboxylic acids is 2. The first-order valence-corrected chi connectivity index (χ1v) is 9.08. The standard InChI is InChI=1S/C18H21N3O2S/c1-13-7-9-21(10-8-13)17(23)15-12-24-18(19-15)20-16(22)11-14-5-3-2-4-6-14/h2-6,12-13H,7-11H2,1H3,(H,19,20,22). The molecule has 1 aliphatic rings. The third-order valence-electron chi connectivity index (χ3n) is 4.25. The monoisotopic (exact) mass is 343 g/mol. The summed E-state index contributed by atoms with van der Waals surface area (Å²) in [6.07, 6.45) is 2.38. The predicted octanol–water partition coefficient (Wildman–Crippen LogP) is 3.20. The zero-order valence-corrected chi connectivity index (χ0v) is 14.5. The van der Waals surface area contributed by atoms with Gasteiger partial charge in [-0.15, -0.1) is 11.3 Å². The van der Waals surface area contributed by atoms with Gasteiger partial charge in [-0.1, -0.05) is 37.3 Å². The van der Waals surface area contributed by atoms with Gasteiger partial charge in [-0.05, 0) is 24.3 Å². The van der Waals surface area contributed by atoms with Gasteiger partial charge in [0.2, 0.25) is 5.91 Å². The molecule has 2 heterocycles. The van der Waals surface area contributed by atoms with Crippen molar-refractivity contribution < 1.29 is 9.59 Å². The summed E-state index contributed by atoms with van der Waals surface area (Å²) in [4.78, 5) is 30.6. The second-order valence-corrected chi connectivity index (χ2v) is 7.08. The quantitative estimate of drug-likeness (QED) is 0.927. The summed E-state index contributed by atoms with van der Waals surface area (Å²) in [7, 11) is 0. The highest BCUT2D eigenvalue weighted by atomic mass is 32.1. The zero-order chi connectivity index (χ0) is 16.9. The molecule has 0 spiro atoms. The van der Waals surface area contributed by atoms with Crippen LogP contribution in [0.15, 0.2) is 35.7 Å². The normalized spacial score (nSPS) is 15.3. The summed E-state index contributed by atoms with van der Waals surface area (Å²) in [5.41, 5.74) is 1.37. The minimum absolute atomic E-state index is 0.0401. The minimum atomic E-state index is -0.124. The maximum atomic E-state index is 12.5. The number of anilines is 1. The fourth-order valence-electron chi connectivity index (χ4n) is 2.75. The number of piperidine rings is 1. The van der Waals surface area contributed by atoms with Crippen molar-refractivity contribution in [3.8, 4) is 0 Å². The number of carbonyl (C=O) groups is 2. The van der Waals surface area contributed by atoms with Crippen LogP contribution in [0.2, 0.25) is 0 Å². The summed E-state index contributed by atoms with van der Waals surface area (Å²) in [5.74, 6) is 0.514. The van der Waals surface area contributed by atoms with E-state index < -0.39 is 0 Å². The molecular weight excluding hydrogens is 322 g/mol. The van der Waals surface area contributed by atoms with Crippen molar-refractivity contribution in [3.05, 3.63) is 47.0 Å². The molecular formula is C18H21N3O2S. The van der Waals surface area contributed by atoms with E-state index in [1.54, 1.807) is 5.38 Å². The Kier molecular flexibility index (Phi) is 5.25. The van der Waals surface area contributed by atoms with Crippen LogP contribution in [0, 0.1) is 5.92 Å². The fraction of sp³-hybridized carbons (Fsp3) is 0.389. The number of hydrogen-bond acceptors (Lipinski definition) is 4. The molecule has 0 radical (unpaired) electrons. The van der Waals surface area contributed by atoms with E-state index in [0.717, 1.165) is 31.5 Å². The van der Waals surface area contributed by atoms with Crippen molar-refractivity contribution in [2.24, 2.45) is 5.92 Å². The molecule has 0 atom stereocenters. The van der Waals surface area contributed by atoms with E-state index in [-0.39, 0.29) is 11.8 Å². The second kappa shape index (κ2) is 7.57. The summed E-state index contributed by atoms with van der Waals surface area (Å²) < 4.78 is 0. The molecule has 2 amide bonds. The van der Waals surface area contributed by atoms with E-state index in [9.17, 15) is 9.59 Å². The van der Waals surface area contributed by atoms with Crippen LogP contribution in [-0.4, -0.2) is 34.8 Å². The molecule has 1 aromatic carbocycles. The lowest BCUT2D eigenvalue weighted by atomic mass is 9.99. The van der Waals surface area contributed by atoms with Gasteiger partial charge in [0.1, 0.15) is 5.69 Å². The number of amides is 2. The lowest BCUT2D eigenvalue weighted by molar-refractivity contribution is -0.115. The topological polar surface area (TPSA) is 62.3 Å². The van der Waals surface area contributed by atoms with Crippen molar-refractivity contribution in [1.29, 1.82) is 0 Å². The number of thiazole rings is 1. The van der Waals surface area contributed by atoms with E-state index >= 15 is 0 Å². The fourth-order valence-corrected chi connectivity index (χ4v) is 3.45. The molecule has 0 bridgehead atoms. The van der Waals surface area contributed by atoms with Crippen molar-refractivity contribution >= 4 is 28.3 Å². The summed E-state index contributed by atoms with van der Waals surface area (Å²) in [6, 6.07) is 9.55. The van der Waals surface area contributed by atoms with Crippen molar-refractivity contribution in [2.75, 3.05) is 18.4 Å². The van der Waals surface area contributed by atoms with Gasteiger partial charge in [0.15, 0.2) is 5.13 Å². The third kappa shape index (κ3) is 4.20. The summed E-state index contributed by atoms with van der Waals surface area (Å²) in [5, 5.41) is 4.97. The first kappa shape index (κ1) is 16.6. The second-order valence-electron chi connectivity index (χ2n) is 6.22. The SMILES string of the molecule is CC1CCN(C(=O)c2csc(NC(=O)Cc3ccccc3)n2)CC1. The molecule has 3 rings (SSSR count). The Hall–Kier alpha value is -2.21. The van der Waals surface area contributed by atoms with Crippen LogP contribution in [-0.2, 0) is 11.2 Å². The molecule has 1 aliphatic heterocycles. The van der Waals surface area contributed by atoms with Crippen LogP contribution in [0.1, 0.15) is 35.8 Å². The Morgan fingerprint density at radius 1 is 1.25 bits per heavy atom. The summed E-state index contributed by atoms with van der Waals surface area (Å²) >= 11 is 1.29. The highest BCUT2D eigenvalue weighted by Crippen LogP contribution is 2.21. The molecule has 1 fully saturated rings. The number of benzene rings is 1. The highest BCUT2D eigenvalue weighted by Gasteiger charge is 2.23. The van der Waals surface area contributed by atoms with Gasteiger partial charge >= 0.3 is 0 Å². The number of aromatic nitrogens is 1. The van der Waals surface area contributed by atoms with E-state index in [2.05, 4.69) is 17.2 Å². The van der Waals surface area contributed by atoms with Gasteiger partial charge in [-0.2, -0.15) is 0 Å². The van der Waals surface area contributed by atoms with E-state index in [1.165, 1.54) is 11.3 Å². The van der Waals surface area contributed by atoms with E-state index in [1.807, 2.05) is 35.2 Å². The Morgan fingerprint density at radius 3 is 2.67 bits per heavy atom. The predicted molar refractivity (Wildman–Crippen MR) is 95.2 cm³/mol. The molecule has 1 N–H and O–H groups in total. The maximum Gasteiger partial charge on any atom is 0.273 e. The first-order valence-electron chi connectivity index (χ1n) is 8.20. The Labute approximate surface area is 145 Å². The average Bonchev–Trinajstić information content (AvgIpc) is 3.04. The lowest BCUT2D eigenvalue weighted by Gasteiger charge is -2.29. The molecule has 126 valence electrons. The third-order valence-corrected chi connectivity index (χ3v) is 5.01. The maximum absolute atomic E-state index is 12.5. The van der Waals surface area contributed by atoms with E-state index in [0.29, 0.717) is 23.2 Å². The van der Waals surface area contributed by atoms with Crippen LogP contribution in [0.25, 0.3) is 0 Å². The average molecular weight is 343 g/mol. The molecule has 6 heteroatoms. The Bertz CT molecular complexity index is 706. The van der Waals surface area contributed by atoms with Gasteiger partial charge in [-0.25, -0.2) is 4.98 Å². The number of hydrogen-bond donors (Lipinski definition) is 1. The first-order chi connectivity index (χ1) is 11.6. The van der Waals surface area contributed by atoms with Crippen LogP contribution in [0.5, 0.6) is 0 Å². The molecule has 0 unspecified atom stereocenters. The van der Waals surface area contributed by atoms with E-state index in [4.69, 9.17) is 0 Å². The van der Waals surface area contributed by atoms with Crippen LogP contribution >= 0.6 is 11.3 Å². The highest BCUT2D eigenvalue weighted by molar-refractivity contribution is 7.14. The summed E-state index contributed by atoms with van der Waals surface area (Å²) in [6.45, 7) is 3.78. The molecule has 24 heavy (non-hydrogen) atoms. The molecule has 1 saturated heterocycles. The van der Waals surface area contributed by atoms with Gasteiger partial charge < -0.3 is 10.2 Å². The molecule has 1 aromatic heterocycles. The van der Waals surface area contributed by atoms with Gasteiger partial charge in [0.25, 0.3) is 5.91 Å². The Morgan fingerprint density at radius 2 is 1.96 bits per heavy atom.